The molecule has 3 aromatic carbocycles. The van der Waals surface area contributed by atoms with E-state index >= 15 is 0 Å². The van der Waals surface area contributed by atoms with Crippen LogP contribution in [0.1, 0.15) is 15.9 Å². The molecule has 0 aliphatic carbocycles. The second-order valence-corrected chi connectivity index (χ2v) is 7.60. The van der Waals surface area contributed by atoms with Crippen molar-refractivity contribution >= 4 is 40.4 Å². The number of carbonyl (C=O) groups is 2. The molecule has 136 valence electrons. The molecule has 1 amide bonds. The molecule has 0 spiro atoms. The van der Waals surface area contributed by atoms with Crippen molar-refractivity contribution in [2.45, 2.75) is 4.90 Å². The summed E-state index contributed by atoms with van der Waals surface area (Å²) in [4.78, 5) is 29.1. The number of hydrogen-bond acceptors (Lipinski definition) is 4. The predicted molar refractivity (Wildman–Crippen MR) is 112 cm³/mol. The van der Waals surface area contributed by atoms with Gasteiger partial charge in [-0.25, -0.2) is 0 Å². The van der Waals surface area contributed by atoms with E-state index in [2.05, 4.69) is 5.32 Å². The zero-order valence-electron chi connectivity index (χ0n) is 14.9. The Bertz CT molecular complexity index is 1140. The summed E-state index contributed by atoms with van der Waals surface area (Å²) in [5.41, 5.74) is 3.80. The summed E-state index contributed by atoms with van der Waals surface area (Å²) in [7, 11) is 0. The van der Waals surface area contributed by atoms with Gasteiger partial charge in [0.15, 0.2) is 0 Å². The highest BCUT2D eigenvalue weighted by molar-refractivity contribution is 7.99. The number of anilines is 2. The van der Waals surface area contributed by atoms with Crippen LogP contribution in [0.3, 0.4) is 0 Å². The molecule has 2 heterocycles. The normalized spacial score (nSPS) is 17.5. The lowest BCUT2D eigenvalue weighted by Gasteiger charge is -2.16. The van der Waals surface area contributed by atoms with Crippen molar-refractivity contribution in [3.8, 4) is 0 Å². The highest BCUT2D eigenvalue weighted by Gasteiger charge is 2.38. The molecular formula is C23H16N2O2S. The number of thioether (sulfide) groups is 1. The Morgan fingerprint density at radius 2 is 1.46 bits per heavy atom. The number of amides is 1. The van der Waals surface area contributed by atoms with Crippen molar-refractivity contribution < 1.29 is 9.59 Å². The standard InChI is InChI=1S/C23H16N2O2S/c26-22-16-10-4-6-12-18(16)24-21(22)20-17-11-5-7-13-19(17)25(23(20)27)14-28-15-8-2-1-3-9-15/h1-13,24H,14H2/b21-20-. The van der Waals surface area contributed by atoms with Gasteiger partial charge in [0, 0.05) is 21.7 Å². The minimum atomic E-state index is -0.145. The minimum absolute atomic E-state index is 0.133. The van der Waals surface area contributed by atoms with Crippen LogP contribution in [0.2, 0.25) is 0 Å². The third kappa shape index (κ3) is 2.63. The lowest BCUT2D eigenvalue weighted by Crippen LogP contribution is -2.26. The first-order chi connectivity index (χ1) is 13.7. The third-order valence-corrected chi connectivity index (χ3v) is 5.93. The third-order valence-electron chi connectivity index (χ3n) is 4.94. The first kappa shape index (κ1) is 16.8. The van der Waals surface area contributed by atoms with Gasteiger partial charge < -0.3 is 5.32 Å². The van der Waals surface area contributed by atoms with Crippen molar-refractivity contribution in [2.24, 2.45) is 0 Å². The SMILES string of the molecule is O=C1/C(=C2/C(=O)N(CSc3ccccc3)c3ccccc32)Nc2ccccc21. The zero-order chi connectivity index (χ0) is 19.1. The Labute approximate surface area is 166 Å². The minimum Gasteiger partial charge on any atom is -0.351 e. The van der Waals surface area contributed by atoms with Gasteiger partial charge in [-0.2, -0.15) is 0 Å². The van der Waals surface area contributed by atoms with Gasteiger partial charge in [0.2, 0.25) is 5.78 Å². The molecule has 0 aromatic heterocycles. The summed E-state index contributed by atoms with van der Waals surface area (Å²) in [6.45, 7) is 0. The second-order valence-electron chi connectivity index (χ2n) is 6.59. The van der Waals surface area contributed by atoms with Crippen molar-refractivity contribution in [2.75, 3.05) is 16.1 Å². The molecule has 2 aliphatic heterocycles. The lowest BCUT2D eigenvalue weighted by atomic mass is 10.0. The van der Waals surface area contributed by atoms with E-state index in [4.69, 9.17) is 0 Å². The van der Waals surface area contributed by atoms with Gasteiger partial charge >= 0.3 is 0 Å². The Kier molecular flexibility index (Phi) is 4.02. The molecule has 1 N–H and O–H groups in total. The molecule has 0 saturated carbocycles. The summed E-state index contributed by atoms with van der Waals surface area (Å²) in [5, 5.41) is 3.17. The van der Waals surface area contributed by atoms with Crippen LogP contribution < -0.4 is 10.2 Å². The highest BCUT2D eigenvalue weighted by atomic mass is 32.2. The number of Topliss-reactive ketones (excluding diaryl/α,β-unsaturated/α-hetero) is 1. The van der Waals surface area contributed by atoms with Gasteiger partial charge in [0.25, 0.3) is 5.91 Å². The number of hydrogen-bond donors (Lipinski definition) is 1. The summed E-state index contributed by atoms with van der Waals surface area (Å²) >= 11 is 1.59. The van der Waals surface area contributed by atoms with Crippen LogP contribution in [0, 0.1) is 0 Å². The number of allylic oxidation sites excluding steroid dienone is 1. The van der Waals surface area contributed by atoms with Gasteiger partial charge in [0.1, 0.15) is 5.70 Å². The predicted octanol–water partition coefficient (Wildman–Crippen LogP) is 4.80. The van der Waals surface area contributed by atoms with Crippen molar-refractivity contribution in [3.63, 3.8) is 0 Å². The topological polar surface area (TPSA) is 49.4 Å². The van der Waals surface area contributed by atoms with E-state index in [0.717, 1.165) is 21.8 Å². The Hall–Kier alpha value is -3.31. The van der Waals surface area contributed by atoms with Crippen LogP contribution in [0.4, 0.5) is 11.4 Å². The maximum absolute atomic E-state index is 13.3. The fraction of sp³-hybridized carbons (Fsp3) is 0.0435. The maximum Gasteiger partial charge on any atom is 0.262 e. The molecule has 3 aromatic rings. The van der Waals surface area contributed by atoms with Gasteiger partial charge in [-0.1, -0.05) is 48.5 Å². The monoisotopic (exact) mass is 384 g/mol. The fourth-order valence-corrected chi connectivity index (χ4v) is 4.48. The molecule has 5 rings (SSSR count). The first-order valence-electron chi connectivity index (χ1n) is 8.98. The average Bonchev–Trinajstić information content (AvgIpc) is 3.21. The van der Waals surface area contributed by atoms with Crippen LogP contribution in [0.15, 0.2) is 89.5 Å². The smallest absolute Gasteiger partial charge is 0.262 e. The van der Waals surface area contributed by atoms with E-state index in [9.17, 15) is 9.59 Å². The molecular weight excluding hydrogens is 368 g/mol. The number of para-hydroxylation sites is 2. The highest BCUT2D eigenvalue weighted by Crippen LogP contribution is 2.42. The quantitative estimate of drug-likeness (QED) is 0.520. The van der Waals surface area contributed by atoms with Gasteiger partial charge in [-0.3, -0.25) is 14.5 Å². The van der Waals surface area contributed by atoms with Crippen LogP contribution in [0.5, 0.6) is 0 Å². The summed E-state index contributed by atoms with van der Waals surface area (Å²) in [6.07, 6.45) is 0. The van der Waals surface area contributed by atoms with E-state index in [1.807, 2.05) is 72.8 Å². The van der Waals surface area contributed by atoms with Crippen molar-refractivity contribution in [1.82, 2.24) is 0 Å². The largest absolute Gasteiger partial charge is 0.351 e. The second kappa shape index (κ2) is 6.69. The molecule has 0 unspecified atom stereocenters. The number of ketones is 1. The van der Waals surface area contributed by atoms with Gasteiger partial charge in [-0.15, -0.1) is 11.8 Å². The van der Waals surface area contributed by atoms with Crippen LogP contribution in [-0.4, -0.2) is 17.6 Å². The van der Waals surface area contributed by atoms with Crippen LogP contribution in [-0.2, 0) is 4.79 Å². The van der Waals surface area contributed by atoms with E-state index in [0.29, 0.717) is 22.7 Å². The lowest BCUT2D eigenvalue weighted by molar-refractivity contribution is -0.112. The first-order valence-corrected chi connectivity index (χ1v) is 9.97. The van der Waals surface area contributed by atoms with Crippen LogP contribution >= 0.6 is 11.8 Å². The molecule has 0 saturated heterocycles. The van der Waals surface area contributed by atoms with Gasteiger partial charge in [-0.05, 0) is 30.3 Å². The molecule has 28 heavy (non-hydrogen) atoms. The molecule has 0 fully saturated rings. The molecule has 0 atom stereocenters. The number of nitrogens with zero attached hydrogens (tertiary/aromatic N) is 1. The molecule has 4 nitrogen and oxygen atoms in total. The summed E-state index contributed by atoms with van der Waals surface area (Å²) in [5.74, 6) is 0.206. The summed E-state index contributed by atoms with van der Waals surface area (Å²) < 4.78 is 0. The van der Waals surface area contributed by atoms with Crippen LogP contribution in [0.25, 0.3) is 5.57 Å². The Morgan fingerprint density at radius 1 is 0.786 bits per heavy atom. The van der Waals surface area contributed by atoms with E-state index in [-0.39, 0.29) is 11.7 Å². The fourth-order valence-electron chi connectivity index (χ4n) is 3.60. The number of fused-ring (bicyclic) bond motifs is 2. The molecule has 2 aliphatic rings. The van der Waals surface area contributed by atoms with E-state index in [1.54, 1.807) is 22.7 Å². The number of rotatable bonds is 3. The van der Waals surface area contributed by atoms with Gasteiger partial charge in [0.05, 0.1) is 17.1 Å². The average molecular weight is 384 g/mol. The number of carbonyl (C=O) groups excluding carboxylic acids is 2. The number of nitrogens with one attached hydrogen (secondary N) is 1. The van der Waals surface area contributed by atoms with E-state index < -0.39 is 0 Å². The Balaban J connectivity index is 1.54. The molecule has 5 heteroatoms. The molecule has 0 radical (unpaired) electrons. The summed E-state index contributed by atoms with van der Waals surface area (Å²) in [6, 6.07) is 25.0. The number of benzene rings is 3. The maximum atomic E-state index is 13.3. The molecule has 0 bridgehead atoms. The zero-order valence-corrected chi connectivity index (χ0v) is 15.7. The Morgan fingerprint density at radius 3 is 2.25 bits per heavy atom. The van der Waals surface area contributed by atoms with E-state index in [1.165, 1.54) is 0 Å². The van der Waals surface area contributed by atoms with Crippen molar-refractivity contribution in [1.29, 1.82) is 0 Å². The van der Waals surface area contributed by atoms with Crippen molar-refractivity contribution in [3.05, 3.63) is 95.7 Å².